The van der Waals surface area contributed by atoms with Gasteiger partial charge in [0.1, 0.15) is 17.2 Å². The summed E-state index contributed by atoms with van der Waals surface area (Å²) in [5, 5.41) is 0.221. The van der Waals surface area contributed by atoms with Crippen molar-refractivity contribution in [1.82, 2.24) is 9.88 Å². The van der Waals surface area contributed by atoms with Crippen molar-refractivity contribution in [1.29, 1.82) is 0 Å². The Kier molecular flexibility index (Phi) is 4.74. The maximum absolute atomic E-state index is 14.3. The molecule has 4 nitrogen and oxygen atoms in total. The van der Waals surface area contributed by atoms with Gasteiger partial charge in [0.25, 0.3) is 0 Å². The molecule has 1 aromatic carbocycles. The van der Waals surface area contributed by atoms with Gasteiger partial charge >= 0.3 is 0 Å². The van der Waals surface area contributed by atoms with E-state index < -0.39 is 11.6 Å². The first-order valence-corrected chi connectivity index (χ1v) is 9.39. The van der Waals surface area contributed by atoms with Crippen molar-refractivity contribution in [2.45, 2.75) is 32.1 Å². The van der Waals surface area contributed by atoms with E-state index in [1.54, 1.807) is 6.07 Å². The summed E-state index contributed by atoms with van der Waals surface area (Å²) in [6.45, 7) is 2.47. The van der Waals surface area contributed by atoms with Gasteiger partial charge in [-0.25, -0.2) is 8.78 Å². The van der Waals surface area contributed by atoms with Crippen LogP contribution < -0.4 is 4.90 Å². The van der Waals surface area contributed by atoms with Crippen LogP contribution >= 0.6 is 0 Å². The third-order valence-electron chi connectivity index (χ3n) is 5.68. The zero-order chi connectivity index (χ0) is 18.1. The third-order valence-corrected chi connectivity index (χ3v) is 5.68. The number of anilines is 1. The zero-order valence-electron chi connectivity index (χ0n) is 14.8. The lowest BCUT2D eigenvalue weighted by Crippen LogP contribution is -2.49. The minimum absolute atomic E-state index is 0.0576. The molecule has 4 rings (SSSR count). The van der Waals surface area contributed by atoms with Crippen LogP contribution in [0.15, 0.2) is 24.4 Å². The van der Waals surface area contributed by atoms with E-state index in [2.05, 4.69) is 4.98 Å². The molecule has 0 atom stereocenters. The van der Waals surface area contributed by atoms with Gasteiger partial charge in [0.05, 0.1) is 11.1 Å². The van der Waals surface area contributed by atoms with Crippen molar-refractivity contribution in [3.8, 4) is 0 Å². The van der Waals surface area contributed by atoms with E-state index >= 15 is 0 Å². The molecular formula is C20H23F2N3O. The molecule has 1 aliphatic carbocycles. The summed E-state index contributed by atoms with van der Waals surface area (Å²) in [5.41, 5.74) is 0.706. The Morgan fingerprint density at radius 3 is 2.46 bits per heavy atom. The SMILES string of the molecule is O=C(CC1CCCC1)N1CCN(c2ccnc3c(F)ccc(F)c23)CC1. The average molecular weight is 359 g/mol. The molecule has 26 heavy (non-hydrogen) atoms. The molecule has 1 amide bonds. The number of rotatable bonds is 3. The summed E-state index contributed by atoms with van der Waals surface area (Å²) in [6, 6.07) is 3.97. The van der Waals surface area contributed by atoms with Gasteiger partial charge in [-0.15, -0.1) is 0 Å². The Morgan fingerprint density at radius 1 is 1.04 bits per heavy atom. The number of pyridine rings is 1. The molecule has 1 aromatic heterocycles. The number of fused-ring (bicyclic) bond motifs is 1. The molecular weight excluding hydrogens is 336 g/mol. The lowest BCUT2D eigenvalue weighted by Gasteiger charge is -2.37. The molecule has 2 aliphatic rings. The van der Waals surface area contributed by atoms with Crippen LogP contribution in [0.25, 0.3) is 10.9 Å². The van der Waals surface area contributed by atoms with Gasteiger partial charge in [-0.2, -0.15) is 0 Å². The summed E-state index contributed by atoms with van der Waals surface area (Å²) >= 11 is 0. The van der Waals surface area contributed by atoms with Crippen molar-refractivity contribution in [2.24, 2.45) is 5.92 Å². The van der Waals surface area contributed by atoms with Gasteiger partial charge < -0.3 is 9.80 Å². The summed E-state index contributed by atoms with van der Waals surface area (Å²) in [5.74, 6) is -0.215. The van der Waals surface area contributed by atoms with Gasteiger partial charge in [0.2, 0.25) is 5.91 Å². The van der Waals surface area contributed by atoms with E-state index in [4.69, 9.17) is 0 Å². The normalized spacial score (nSPS) is 18.7. The Morgan fingerprint density at radius 2 is 1.73 bits per heavy atom. The number of amides is 1. The first kappa shape index (κ1) is 17.2. The first-order chi connectivity index (χ1) is 12.6. The van der Waals surface area contributed by atoms with Gasteiger partial charge in [-0.05, 0) is 37.0 Å². The average Bonchev–Trinajstić information content (AvgIpc) is 3.17. The largest absolute Gasteiger partial charge is 0.367 e. The quantitative estimate of drug-likeness (QED) is 0.838. The molecule has 0 radical (unpaired) electrons. The lowest BCUT2D eigenvalue weighted by molar-refractivity contribution is -0.132. The van der Waals surface area contributed by atoms with Crippen molar-refractivity contribution in [3.05, 3.63) is 36.0 Å². The minimum Gasteiger partial charge on any atom is -0.367 e. The maximum atomic E-state index is 14.3. The van der Waals surface area contributed by atoms with Gasteiger partial charge in [-0.1, -0.05) is 12.8 Å². The number of nitrogens with zero attached hydrogens (tertiary/aromatic N) is 3. The molecule has 6 heteroatoms. The molecule has 0 N–H and O–H groups in total. The highest BCUT2D eigenvalue weighted by molar-refractivity contribution is 5.92. The van der Waals surface area contributed by atoms with Crippen molar-refractivity contribution < 1.29 is 13.6 Å². The first-order valence-electron chi connectivity index (χ1n) is 9.39. The molecule has 1 saturated heterocycles. The predicted molar refractivity (Wildman–Crippen MR) is 97.0 cm³/mol. The second-order valence-electron chi connectivity index (χ2n) is 7.31. The molecule has 1 saturated carbocycles. The molecule has 1 aliphatic heterocycles. The highest BCUT2D eigenvalue weighted by Crippen LogP contribution is 2.31. The molecule has 0 spiro atoms. The number of carbonyl (C=O) groups excluding carboxylic acids is 1. The predicted octanol–water partition coefficient (Wildman–Crippen LogP) is 3.74. The monoisotopic (exact) mass is 359 g/mol. The topological polar surface area (TPSA) is 36.4 Å². The standard InChI is InChI=1S/C20H23F2N3O/c21-15-5-6-16(22)20-19(15)17(7-8-23-20)24-9-11-25(12-10-24)18(26)13-14-3-1-2-4-14/h5-8,14H,1-4,9-13H2. The number of aromatic nitrogens is 1. The van der Waals surface area contributed by atoms with Crippen LogP contribution in [0.4, 0.5) is 14.5 Å². The van der Waals surface area contributed by atoms with E-state index in [-0.39, 0.29) is 16.8 Å². The number of halogens is 2. The molecule has 138 valence electrons. The third kappa shape index (κ3) is 3.24. The van der Waals surface area contributed by atoms with Gasteiger partial charge in [-0.3, -0.25) is 9.78 Å². The minimum atomic E-state index is -0.520. The fourth-order valence-corrected chi connectivity index (χ4v) is 4.23. The van der Waals surface area contributed by atoms with E-state index in [9.17, 15) is 13.6 Å². The number of hydrogen-bond acceptors (Lipinski definition) is 3. The Hall–Kier alpha value is -2.24. The number of piperazine rings is 1. The lowest BCUT2D eigenvalue weighted by atomic mass is 10.0. The summed E-state index contributed by atoms with van der Waals surface area (Å²) in [6.07, 6.45) is 6.97. The van der Waals surface area contributed by atoms with E-state index in [0.717, 1.165) is 12.1 Å². The Balaban J connectivity index is 1.47. The highest BCUT2D eigenvalue weighted by atomic mass is 19.1. The van der Waals surface area contributed by atoms with E-state index in [0.29, 0.717) is 44.2 Å². The second-order valence-corrected chi connectivity index (χ2v) is 7.31. The molecule has 2 fully saturated rings. The van der Waals surface area contributed by atoms with Crippen LogP contribution in [0, 0.1) is 17.6 Å². The molecule has 0 unspecified atom stereocenters. The van der Waals surface area contributed by atoms with Crippen LogP contribution in [-0.4, -0.2) is 42.0 Å². The number of benzene rings is 1. The van der Waals surface area contributed by atoms with Crippen molar-refractivity contribution in [2.75, 3.05) is 31.1 Å². The second kappa shape index (κ2) is 7.17. The van der Waals surface area contributed by atoms with Crippen LogP contribution in [0.3, 0.4) is 0 Å². The van der Waals surface area contributed by atoms with E-state index in [1.165, 1.54) is 31.9 Å². The molecule has 0 bridgehead atoms. The summed E-state index contributed by atoms with van der Waals surface area (Å²) in [7, 11) is 0. The van der Waals surface area contributed by atoms with Crippen LogP contribution in [-0.2, 0) is 4.79 Å². The highest BCUT2D eigenvalue weighted by Gasteiger charge is 2.26. The smallest absolute Gasteiger partial charge is 0.222 e. The summed E-state index contributed by atoms with van der Waals surface area (Å²) in [4.78, 5) is 20.4. The van der Waals surface area contributed by atoms with Crippen molar-refractivity contribution >= 4 is 22.5 Å². The zero-order valence-corrected chi connectivity index (χ0v) is 14.8. The van der Waals surface area contributed by atoms with Crippen LogP contribution in [0.5, 0.6) is 0 Å². The number of carbonyl (C=O) groups is 1. The summed E-state index contributed by atoms with van der Waals surface area (Å²) < 4.78 is 28.3. The fourth-order valence-electron chi connectivity index (χ4n) is 4.23. The van der Waals surface area contributed by atoms with Crippen LogP contribution in [0.1, 0.15) is 32.1 Å². The fraction of sp³-hybridized carbons (Fsp3) is 0.500. The van der Waals surface area contributed by atoms with Gasteiger partial charge in [0, 0.05) is 38.8 Å². The van der Waals surface area contributed by atoms with Crippen molar-refractivity contribution in [3.63, 3.8) is 0 Å². The Labute approximate surface area is 151 Å². The Bertz CT molecular complexity index is 812. The number of hydrogen-bond donors (Lipinski definition) is 0. The van der Waals surface area contributed by atoms with Gasteiger partial charge in [0.15, 0.2) is 0 Å². The molecule has 2 heterocycles. The maximum Gasteiger partial charge on any atom is 0.222 e. The van der Waals surface area contributed by atoms with Crippen LogP contribution in [0.2, 0.25) is 0 Å². The van der Waals surface area contributed by atoms with E-state index in [1.807, 2.05) is 9.80 Å². The molecule has 2 aromatic rings.